The van der Waals surface area contributed by atoms with Crippen molar-refractivity contribution in [1.82, 2.24) is 0 Å². The summed E-state index contributed by atoms with van der Waals surface area (Å²) in [7, 11) is 0. The highest BCUT2D eigenvalue weighted by atomic mass is 16.2. The monoisotopic (exact) mass is 261 g/mol. The van der Waals surface area contributed by atoms with Crippen LogP contribution in [0.5, 0.6) is 0 Å². The largest absolute Gasteiger partial charge is 0.325 e. The molecule has 1 aliphatic heterocycles. The van der Waals surface area contributed by atoms with Gasteiger partial charge in [0, 0.05) is 24.8 Å². The van der Waals surface area contributed by atoms with Crippen LogP contribution >= 0.6 is 0 Å². The number of carbonyl (C=O) groups is 2. The number of carbonyl (C=O) groups excluding carboxylic acids is 2. The predicted octanol–water partition coefficient (Wildman–Crippen LogP) is 1.27. The second kappa shape index (κ2) is 5.40. The van der Waals surface area contributed by atoms with Crippen LogP contribution in [-0.4, -0.2) is 24.4 Å². The molecular formula is C14H19N3O2. The smallest absolute Gasteiger partial charge is 0.241 e. The fraction of sp³-hybridized carbons (Fsp3) is 0.429. The van der Waals surface area contributed by atoms with E-state index in [4.69, 9.17) is 5.73 Å². The van der Waals surface area contributed by atoms with E-state index in [0.29, 0.717) is 13.0 Å². The predicted molar refractivity (Wildman–Crippen MR) is 75.1 cm³/mol. The molecule has 3 N–H and O–H groups in total. The lowest BCUT2D eigenvalue weighted by molar-refractivity contribution is -0.117. The van der Waals surface area contributed by atoms with Crippen molar-refractivity contribution in [1.29, 1.82) is 0 Å². The zero-order chi connectivity index (χ0) is 14.0. The summed E-state index contributed by atoms with van der Waals surface area (Å²) in [6, 6.07) is 5.11. The fourth-order valence-corrected chi connectivity index (χ4v) is 2.23. The van der Waals surface area contributed by atoms with E-state index in [0.717, 1.165) is 23.4 Å². The number of nitrogens with two attached hydrogens (primary N) is 1. The Balaban J connectivity index is 2.15. The number of hydrogen-bond donors (Lipinski definition) is 2. The average Bonchev–Trinajstić information content (AvgIpc) is 2.80. The zero-order valence-corrected chi connectivity index (χ0v) is 11.3. The third-order valence-electron chi connectivity index (χ3n) is 3.40. The maximum Gasteiger partial charge on any atom is 0.241 e. The number of amides is 2. The Bertz CT molecular complexity index is 513. The van der Waals surface area contributed by atoms with Crippen molar-refractivity contribution in [3.63, 3.8) is 0 Å². The summed E-state index contributed by atoms with van der Waals surface area (Å²) in [5.41, 5.74) is 8.43. The van der Waals surface area contributed by atoms with Crippen molar-refractivity contribution in [2.24, 2.45) is 5.73 Å². The van der Waals surface area contributed by atoms with Crippen molar-refractivity contribution >= 4 is 23.2 Å². The molecule has 0 saturated heterocycles. The number of nitrogens with one attached hydrogen (secondary N) is 1. The molecule has 0 aliphatic carbocycles. The summed E-state index contributed by atoms with van der Waals surface area (Å²) in [4.78, 5) is 24.9. The Hall–Kier alpha value is -1.88. The highest BCUT2D eigenvalue weighted by Crippen LogP contribution is 2.30. The van der Waals surface area contributed by atoms with Gasteiger partial charge in [-0.1, -0.05) is 6.92 Å². The average molecular weight is 261 g/mol. The number of nitrogens with zero attached hydrogens (tertiary/aromatic N) is 1. The van der Waals surface area contributed by atoms with Crippen LogP contribution < -0.4 is 16.0 Å². The zero-order valence-electron chi connectivity index (χ0n) is 11.3. The summed E-state index contributed by atoms with van der Waals surface area (Å²) >= 11 is 0. The van der Waals surface area contributed by atoms with E-state index in [1.54, 1.807) is 17.9 Å². The standard InChI is InChI=1S/C14H19N3O2/c1-3-12(15)14(19)16-11-4-5-13-10(8-11)6-7-17(13)9(2)18/h4-5,8,12H,3,6-7,15H2,1-2H3,(H,16,19). The quantitative estimate of drug-likeness (QED) is 0.860. The minimum atomic E-state index is -0.484. The third-order valence-corrected chi connectivity index (χ3v) is 3.40. The van der Waals surface area contributed by atoms with Crippen LogP contribution in [0.3, 0.4) is 0 Å². The number of fused-ring (bicyclic) bond motifs is 1. The Morgan fingerprint density at radius 2 is 2.21 bits per heavy atom. The lowest BCUT2D eigenvalue weighted by Crippen LogP contribution is -2.34. The topological polar surface area (TPSA) is 75.4 Å². The van der Waals surface area contributed by atoms with E-state index < -0.39 is 6.04 Å². The molecule has 19 heavy (non-hydrogen) atoms. The van der Waals surface area contributed by atoms with Crippen molar-refractivity contribution in [3.8, 4) is 0 Å². The van der Waals surface area contributed by atoms with E-state index in [1.165, 1.54) is 0 Å². The molecule has 0 fully saturated rings. The van der Waals surface area contributed by atoms with Crippen LogP contribution in [0.15, 0.2) is 18.2 Å². The molecule has 0 saturated carbocycles. The molecular weight excluding hydrogens is 242 g/mol. The van der Waals surface area contributed by atoms with Gasteiger partial charge in [-0.2, -0.15) is 0 Å². The van der Waals surface area contributed by atoms with Gasteiger partial charge in [0.2, 0.25) is 11.8 Å². The molecule has 0 spiro atoms. The summed E-state index contributed by atoms with van der Waals surface area (Å²) in [6.07, 6.45) is 1.42. The van der Waals surface area contributed by atoms with Crippen LogP contribution in [0, 0.1) is 0 Å². The molecule has 1 heterocycles. The summed E-state index contributed by atoms with van der Waals surface area (Å²) < 4.78 is 0. The molecule has 1 aromatic rings. The molecule has 1 unspecified atom stereocenters. The lowest BCUT2D eigenvalue weighted by Gasteiger charge is -2.15. The normalized spacial score (nSPS) is 15.0. The first-order valence-electron chi connectivity index (χ1n) is 6.50. The highest BCUT2D eigenvalue weighted by molar-refractivity contribution is 5.97. The molecule has 5 nitrogen and oxygen atoms in total. The molecule has 2 amide bonds. The van der Waals surface area contributed by atoms with Gasteiger partial charge in [0.25, 0.3) is 0 Å². The fourth-order valence-electron chi connectivity index (χ4n) is 2.23. The molecule has 2 rings (SSSR count). The Morgan fingerprint density at radius 1 is 1.47 bits per heavy atom. The molecule has 1 atom stereocenters. The van der Waals surface area contributed by atoms with Crippen molar-refractivity contribution in [2.45, 2.75) is 32.7 Å². The van der Waals surface area contributed by atoms with Gasteiger partial charge in [-0.05, 0) is 36.6 Å². The molecule has 0 bridgehead atoms. The minimum Gasteiger partial charge on any atom is -0.325 e. The number of rotatable bonds is 3. The van der Waals surface area contributed by atoms with Gasteiger partial charge in [-0.3, -0.25) is 9.59 Å². The van der Waals surface area contributed by atoms with E-state index in [9.17, 15) is 9.59 Å². The van der Waals surface area contributed by atoms with E-state index in [1.807, 2.05) is 19.1 Å². The minimum absolute atomic E-state index is 0.0449. The van der Waals surface area contributed by atoms with Gasteiger partial charge in [-0.15, -0.1) is 0 Å². The van der Waals surface area contributed by atoms with Crippen LogP contribution in [0.4, 0.5) is 11.4 Å². The summed E-state index contributed by atoms with van der Waals surface area (Å²) in [5, 5.41) is 2.80. The number of benzene rings is 1. The summed E-state index contributed by atoms with van der Waals surface area (Å²) in [5.74, 6) is -0.132. The second-order valence-electron chi connectivity index (χ2n) is 4.77. The lowest BCUT2D eigenvalue weighted by atomic mass is 10.1. The van der Waals surface area contributed by atoms with Gasteiger partial charge in [0.1, 0.15) is 0 Å². The van der Waals surface area contributed by atoms with E-state index >= 15 is 0 Å². The maximum atomic E-state index is 11.7. The number of hydrogen-bond acceptors (Lipinski definition) is 3. The van der Waals surface area contributed by atoms with Crippen molar-refractivity contribution in [3.05, 3.63) is 23.8 Å². The van der Waals surface area contributed by atoms with Crippen LogP contribution in [0.1, 0.15) is 25.8 Å². The van der Waals surface area contributed by atoms with Gasteiger partial charge >= 0.3 is 0 Å². The van der Waals surface area contributed by atoms with Crippen molar-refractivity contribution in [2.75, 3.05) is 16.8 Å². The molecule has 0 aromatic heterocycles. The van der Waals surface area contributed by atoms with Crippen LogP contribution in [0.2, 0.25) is 0 Å². The van der Waals surface area contributed by atoms with E-state index in [2.05, 4.69) is 5.32 Å². The highest BCUT2D eigenvalue weighted by Gasteiger charge is 2.22. The molecule has 102 valence electrons. The molecule has 1 aromatic carbocycles. The van der Waals surface area contributed by atoms with Gasteiger partial charge in [0.05, 0.1) is 6.04 Å². The van der Waals surface area contributed by atoms with Crippen LogP contribution in [-0.2, 0) is 16.0 Å². The first kappa shape index (κ1) is 13.5. The maximum absolute atomic E-state index is 11.7. The van der Waals surface area contributed by atoms with Crippen molar-refractivity contribution < 1.29 is 9.59 Å². The molecule has 1 aliphatic rings. The van der Waals surface area contributed by atoms with Gasteiger partial charge in [-0.25, -0.2) is 0 Å². The second-order valence-corrected chi connectivity index (χ2v) is 4.77. The third kappa shape index (κ3) is 2.76. The Labute approximate surface area is 112 Å². The Kier molecular flexibility index (Phi) is 3.85. The molecule has 0 radical (unpaired) electrons. The molecule has 5 heteroatoms. The van der Waals surface area contributed by atoms with Gasteiger partial charge in [0.15, 0.2) is 0 Å². The number of anilines is 2. The first-order valence-corrected chi connectivity index (χ1v) is 6.50. The Morgan fingerprint density at radius 3 is 2.84 bits per heavy atom. The van der Waals surface area contributed by atoms with E-state index in [-0.39, 0.29) is 11.8 Å². The SMILES string of the molecule is CCC(N)C(=O)Nc1ccc2c(c1)CCN2C(C)=O. The van der Waals surface area contributed by atoms with Crippen LogP contribution in [0.25, 0.3) is 0 Å². The summed E-state index contributed by atoms with van der Waals surface area (Å²) in [6.45, 7) is 4.14. The first-order chi connectivity index (χ1) is 9.02. The van der Waals surface area contributed by atoms with Gasteiger partial charge < -0.3 is 16.0 Å².